The highest BCUT2D eigenvalue weighted by Gasteiger charge is 2.28. The van der Waals surface area contributed by atoms with E-state index in [9.17, 15) is 14.0 Å². The van der Waals surface area contributed by atoms with Gasteiger partial charge in [0.25, 0.3) is 5.56 Å². The standard InChI is InChI=1S/C33H40FN5O5/c1-4-37-31-29(32(40)38(33(37)41)15-7-17-43-28-8-5-6-16-42-28)39(20-23-9-11-24(34)12-10-23)30(36-31)26-13-14-27(35-22(26)3)44-25-18-21(2)19-25/h9-14,21,25,28H,4-8,15-20H2,1-3H3. The van der Waals surface area contributed by atoms with Crippen LogP contribution in [0.5, 0.6) is 5.88 Å². The van der Waals surface area contributed by atoms with Crippen LogP contribution < -0.4 is 16.0 Å². The van der Waals surface area contributed by atoms with E-state index < -0.39 is 11.2 Å². The summed E-state index contributed by atoms with van der Waals surface area (Å²) in [5.41, 5.74) is 1.99. The molecule has 2 fully saturated rings. The fraction of sp³-hybridized carbons (Fsp3) is 0.515. The average Bonchev–Trinajstić information content (AvgIpc) is 3.36. The molecule has 0 spiro atoms. The number of imidazole rings is 1. The first-order chi connectivity index (χ1) is 21.3. The van der Waals surface area contributed by atoms with E-state index in [0.717, 1.165) is 43.2 Å². The number of nitrogens with zero attached hydrogens (tertiary/aromatic N) is 5. The number of rotatable bonds is 11. The van der Waals surface area contributed by atoms with E-state index in [2.05, 4.69) is 6.92 Å². The summed E-state index contributed by atoms with van der Waals surface area (Å²) < 4.78 is 36.0. The number of aromatic nitrogens is 5. The Bertz CT molecular complexity index is 1730. The fourth-order valence-corrected chi connectivity index (χ4v) is 6.12. The molecule has 1 atom stereocenters. The molecule has 1 saturated heterocycles. The summed E-state index contributed by atoms with van der Waals surface area (Å²) in [5.74, 6) is 1.37. The van der Waals surface area contributed by atoms with E-state index in [1.807, 2.05) is 30.5 Å². The number of fused-ring (bicyclic) bond motifs is 1. The molecule has 2 aliphatic rings. The Morgan fingerprint density at radius 1 is 1.02 bits per heavy atom. The van der Waals surface area contributed by atoms with Crippen LogP contribution in [0.25, 0.3) is 22.6 Å². The molecule has 4 heterocycles. The van der Waals surface area contributed by atoms with Crippen LogP contribution in [0.3, 0.4) is 0 Å². The van der Waals surface area contributed by atoms with Crippen LogP contribution in [0, 0.1) is 18.7 Å². The van der Waals surface area contributed by atoms with Gasteiger partial charge in [-0.3, -0.25) is 13.9 Å². The van der Waals surface area contributed by atoms with Crippen LogP contribution in [0.4, 0.5) is 4.39 Å². The molecule has 11 heteroatoms. The topological polar surface area (TPSA) is 102 Å². The first-order valence-electron chi connectivity index (χ1n) is 15.7. The predicted molar refractivity (Wildman–Crippen MR) is 164 cm³/mol. The first kappa shape index (κ1) is 30.2. The van der Waals surface area contributed by atoms with Crippen LogP contribution in [0.15, 0.2) is 46.0 Å². The number of aryl methyl sites for hydroxylation is 2. The maximum atomic E-state index is 14.1. The van der Waals surface area contributed by atoms with Gasteiger partial charge in [-0.05, 0) is 82.1 Å². The molecule has 1 aliphatic heterocycles. The van der Waals surface area contributed by atoms with Gasteiger partial charge in [0, 0.05) is 37.9 Å². The maximum Gasteiger partial charge on any atom is 0.332 e. The molecule has 234 valence electrons. The van der Waals surface area contributed by atoms with Crippen molar-refractivity contribution < 1.29 is 18.6 Å². The van der Waals surface area contributed by atoms with Crippen molar-refractivity contribution in [3.05, 3.63) is 74.3 Å². The largest absolute Gasteiger partial charge is 0.474 e. The summed E-state index contributed by atoms with van der Waals surface area (Å²) in [6.07, 6.45) is 5.38. The number of hydrogen-bond acceptors (Lipinski definition) is 7. The van der Waals surface area contributed by atoms with E-state index in [1.165, 1.54) is 21.3 Å². The molecule has 1 aromatic carbocycles. The number of hydrogen-bond donors (Lipinski definition) is 0. The highest BCUT2D eigenvalue weighted by molar-refractivity contribution is 5.78. The van der Waals surface area contributed by atoms with Crippen LogP contribution in [0.1, 0.15) is 63.6 Å². The smallest absolute Gasteiger partial charge is 0.332 e. The number of halogens is 1. The van der Waals surface area contributed by atoms with E-state index in [4.69, 9.17) is 24.2 Å². The van der Waals surface area contributed by atoms with Gasteiger partial charge in [0.2, 0.25) is 5.88 Å². The lowest BCUT2D eigenvalue weighted by Crippen LogP contribution is -2.40. The van der Waals surface area contributed by atoms with Crippen LogP contribution in [-0.4, -0.2) is 49.3 Å². The molecule has 0 N–H and O–H groups in total. The van der Waals surface area contributed by atoms with Crippen molar-refractivity contribution in [3.63, 3.8) is 0 Å². The molecule has 0 radical (unpaired) electrons. The average molecular weight is 606 g/mol. The Labute approximate surface area is 255 Å². The van der Waals surface area contributed by atoms with Gasteiger partial charge in [0.1, 0.15) is 17.7 Å². The molecular formula is C33H40FN5O5. The quantitative estimate of drug-likeness (QED) is 0.221. The highest BCUT2D eigenvalue weighted by atomic mass is 19.1. The molecule has 44 heavy (non-hydrogen) atoms. The Hall–Kier alpha value is -3.83. The molecule has 1 unspecified atom stereocenters. The minimum absolute atomic E-state index is 0.170. The second-order valence-electron chi connectivity index (χ2n) is 11.9. The molecule has 0 bridgehead atoms. The van der Waals surface area contributed by atoms with E-state index in [1.54, 1.807) is 12.1 Å². The van der Waals surface area contributed by atoms with Gasteiger partial charge in [-0.15, -0.1) is 0 Å². The normalized spacial score (nSPS) is 20.1. The van der Waals surface area contributed by atoms with E-state index in [-0.39, 0.29) is 31.3 Å². The molecule has 1 saturated carbocycles. The summed E-state index contributed by atoms with van der Waals surface area (Å²) in [4.78, 5) is 37.3. The van der Waals surface area contributed by atoms with Crippen LogP contribution in [-0.2, 0) is 29.1 Å². The van der Waals surface area contributed by atoms with Gasteiger partial charge in [-0.25, -0.2) is 19.2 Å². The van der Waals surface area contributed by atoms with Crippen molar-refractivity contribution >= 4 is 11.2 Å². The Kier molecular flexibility index (Phi) is 8.95. The minimum atomic E-state index is -0.422. The molecule has 10 nitrogen and oxygen atoms in total. The van der Waals surface area contributed by atoms with Crippen LogP contribution >= 0.6 is 0 Å². The van der Waals surface area contributed by atoms with Crippen molar-refractivity contribution in [2.45, 2.75) is 91.3 Å². The van der Waals surface area contributed by atoms with Crippen molar-refractivity contribution in [2.75, 3.05) is 13.2 Å². The lowest BCUT2D eigenvalue weighted by Gasteiger charge is -2.32. The third kappa shape index (κ3) is 6.21. The van der Waals surface area contributed by atoms with Gasteiger partial charge in [-0.2, -0.15) is 0 Å². The molecular weight excluding hydrogens is 565 g/mol. The number of benzene rings is 1. The lowest BCUT2D eigenvalue weighted by molar-refractivity contribution is -0.163. The van der Waals surface area contributed by atoms with Gasteiger partial charge in [0.15, 0.2) is 17.5 Å². The monoisotopic (exact) mass is 605 g/mol. The second kappa shape index (κ2) is 13.0. The summed E-state index contributed by atoms with van der Waals surface area (Å²) >= 11 is 0. The molecule has 1 aliphatic carbocycles. The number of ether oxygens (including phenoxy) is 3. The second-order valence-corrected chi connectivity index (χ2v) is 11.9. The Morgan fingerprint density at radius 3 is 2.50 bits per heavy atom. The van der Waals surface area contributed by atoms with Crippen LogP contribution in [0.2, 0.25) is 0 Å². The van der Waals surface area contributed by atoms with Gasteiger partial charge < -0.3 is 18.8 Å². The third-order valence-corrected chi connectivity index (χ3v) is 8.57. The SMILES string of the molecule is CCn1c(=O)n(CCCOC2CCCCO2)c(=O)c2c1nc(-c1ccc(OC3CC(C)C3)nc1C)n2Cc1ccc(F)cc1. The lowest BCUT2D eigenvalue weighted by atomic mass is 9.84. The zero-order valence-electron chi connectivity index (χ0n) is 25.6. The van der Waals surface area contributed by atoms with E-state index >= 15 is 0 Å². The summed E-state index contributed by atoms with van der Waals surface area (Å²) in [6, 6.07) is 9.89. The van der Waals surface area contributed by atoms with Crippen molar-refractivity contribution in [3.8, 4) is 17.3 Å². The predicted octanol–water partition coefficient (Wildman–Crippen LogP) is 5.05. The summed E-state index contributed by atoms with van der Waals surface area (Å²) in [7, 11) is 0. The molecule has 3 aromatic heterocycles. The van der Waals surface area contributed by atoms with E-state index in [0.29, 0.717) is 60.7 Å². The molecule has 0 amide bonds. The fourth-order valence-electron chi connectivity index (χ4n) is 6.12. The van der Waals surface area contributed by atoms with Crippen molar-refractivity contribution in [1.29, 1.82) is 0 Å². The molecule has 6 rings (SSSR count). The van der Waals surface area contributed by atoms with Gasteiger partial charge in [0.05, 0.1) is 12.3 Å². The van der Waals surface area contributed by atoms with Gasteiger partial charge >= 0.3 is 5.69 Å². The summed E-state index contributed by atoms with van der Waals surface area (Å²) in [5, 5.41) is 0. The zero-order chi connectivity index (χ0) is 30.8. The van der Waals surface area contributed by atoms with Crippen molar-refractivity contribution in [2.24, 2.45) is 5.92 Å². The Morgan fingerprint density at radius 2 is 1.82 bits per heavy atom. The minimum Gasteiger partial charge on any atom is -0.474 e. The third-order valence-electron chi connectivity index (χ3n) is 8.57. The maximum absolute atomic E-state index is 14.1. The number of pyridine rings is 1. The first-order valence-corrected chi connectivity index (χ1v) is 15.7. The summed E-state index contributed by atoms with van der Waals surface area (Å²) in [6.45, 7) is 7.79. The zero-order valence-corrected chi connectivity index (χ0v) is 25.6. The van der Waals surface area contributed by atoms with Gasteiger partial charge in [-0.1, -0.05) is 19.1 Å². The molecule has 4 aromatic rings. The highest BCUT2D eigenvalue weighted by Crippen LogP contribution is 2.32. The van der Waals surface area contributed by atoms with Crippen molar-refractivity contribution in [1.82, 2.24) is 23.7 Å². The Balaban J connectivity index is 1.39.